The molecule has 0 aromatic heterocycles. The van der Waals surface area contributed by atoms with Crippen LogP contribution in [0, 0.1) is 29.4 Å². The van der Waals surface area contributed by atoms with Gasteiger partial charge in [-0.1, -0.05) is 49.8 Å². The van der Waals surface area contributed by atoms with Crippen molar-refractivity contribution in [1.29, 1.82) is 0 Å². The monoisotopic (exact) mass is 542 g/mol. The van der Waals surface area contributed by atoms with E-state index in [2.05, 4.69) is 5.32 Å². The number of rotatable bonds is 13. The number of hydrogen-bond donors (Lipinski definition) is 2. The highest BCUT2D eigenvalue weighted by atomic mass is 35.5. The van der Waals surface area contributed by atoms with Crippen molar-refractivity contribution in [2.24, 2.45) is 17.8 Å². The summed E-state index contributed by atoms with van der Waals surface area (Å²) in [5, 5.41) is 14.6. The first kappa shape index (κ1) is 30.3. The molecule has 8 heteroatoms. The van der Waals surface area contributed by atoms with Gasteiger partial charge in [0.05, 0.1) is 5.60 Å². The van der Waals surface area contributed by atoms with E-state index in [1.807, 2.05) is 11.9 Å². The van der Waals surface area contributed by atoms with Crippen LogP contribution in [0.3, 0.4) is 0 Å². The van der Waals surface area contributed by atoms with Crippen molar-refractivity contribution in [3.8, 4) is 0 Å². The predicted octanol–water partition coefficient (Wildman–Crippen LogP) is 6.06. The molecule has 2 aliphatic rings. The van der Waals surface area contributed by atoms with Crippen LogP contribution >= 0.6 is 11.6 Å². The normalized spacial score (nSPS) is 21.6. The SMILES string of the molecule is CNC[C@@H](CC(=O)N1CCC[C@@H]([C@](O)(CCCCOC)c2ccc(F)c(Cl)c2F)C1)CC1CCCCC1. The van der Waals surface area contributed by atoms with Crippen LogP contribution in [0.5, 0.6) is 0 Å². The fraction of sp³-hybridized carbons (Fsp3) is 0.759. The lowest BCUT2D eigenvalue weighted by molar-refractivity contribution is -0.138. The summed E-state index contributed by atoms with van der Waals surface area (Å²) < 4.78 is 34.3. The molecule has 1 amide bonds. The van der Waals surface area contributed by atoms with E-state index in [1.165, 1.54) is 38.2 Å². The molecular formula is C29H45ClF2N2O3. The molecule has 3 rings (SSSR count). The van der Waals surface area contributed by atoms with Crippen molar-refractivity contribution in [2.45, 2.75) is 82.7 Å². The Morgan fingerprint density at radius 2 is 1.97 bits per heavy atom. The van der Waals surface area contributed by atoms with Gasteiger partial charge in [0.2, 0.25) is 5.91 Å². The van der Waals surface area contributed by atoms with E-state index in [9.17, 15) is 14.3 Å². The van der Waals surface area contributed by atoms with Crippen LogP contribution < -0.4 is 5.32 Å². The number of amides is 1. The van der Waals surface area contributed by atoms with Gasteiger partial charge in [-0.25, -0.2) is 8.78 Å². The smallest absolute Gasteiger partial charge is 0.222 e. The maximum atomic E-state index is 15.2. The maximum Gasteiger partial charge on any atom is 0.222 e. The summed E-state index contributed by atoms with van der Waals surface area (Å²) in [6.45, 7) is 2.33. The molecular weight excluding hydrogens is 498 g/mol. The average molecular weight is 543 g/mol. The quantitative estimate of drug-likeness (QED) is 0.235. The molecule has 1 heterocycles. The molecule has 0 spiro atoms. The molecule has 37 heavy (non-hydrogen) atoms. The Labute approximate surface area is 226 Å². The topological polar surface area (TPSA) is 61.8 Å². The van der Waals surface area contributed by atoms with Crippen LogP contribution in [0.2, 0.25) is 5.02 Å². The van der Waals surface area contributed by atoms with Gasteiger partial charge in [0, 0.05) is 44.7 Å². The molecule has 1 aliphatic carbocycles. The summed E-state index contributed by atoms with van der Waals surface area (Å²) >= 11 is 5.91. The molecule has 210 valence electrons. The summed E-state index contributed by atoms with van der Waals surface area (Å²) in [5.41, 5.74) is -1.54. The van der Waals surface area contributed by atoms with Gasteiger partial charge in [-0.3, -0.25) is 4.79 Å². The second-order valence-corrected chi connectivity index (χ2v) is 11.5. The van der Waals surface area contributed by atoms with Crippen molar-refractivity contribution >= 4 is 17.5 Å². The maximum absolute atomic E-state index is 15.2. The number of piperidine rings is 1. The van der Waals surface area contributed by atoms with Crippen LogP contribution in [-0.2, 0) is 15.1 Å². The zero-order valence-electron chi connectivity index (χ0n) is 22.5. The Morgan fingerprint density at radius 1 is 1.22 bits per heavy atom. The van der Waals surface area contributed by atoms with Gasteiger partial charge in [0.15, 0.2) is 5.82 Å². The highest BCUT2D eigenvalue weighted by Gasteiger charge is 2.43. The number of nitrogens with zero attached hydrogens (tertiary/aromatic N) is 1. The Balaban J connectivity index is 1.74. The number of hydrogen-bond acceptors (Lipinski definition) is 4. The molecule has 0 radical (unpaired) electrons. The number of aliphatic hydroxyl groups is 1. The van der Waals surface area contributed by atoms with E-state index >= 15 is 4.39 Å². The van der Waals surface area contributed by atoms with E-state index < -0.39 is 22.3 Å². The number of halogens is 3. The second-order valence-electron chi connectivity index (χ2n) is 11.1. The van der Waals surface area contributed by atoms with Gasteiger partial charge in [-0.2, -0.15) is 0 Å². The van der Waals surface area contributed by atoms with Crippen LogP contribution in [0.4, 0.5) is 8.78 Å². The zero-order chi connectivity index (χ0) is 26.8. The Morgan fingerprint density at radius 3 is 2.68 bits per heavy atom. The molecule has 0 unspecified atom stereocenters. The number of unbranched alkanes of at least 4 members (excludes halogenated alkanes) is 1. The summed E-state index contributed by atoms with van der Waals surface area (Å²) in [5.74, 6) is -1.07. The molecule has 5 nitrogen and oxygen atoms in total. The standard InChI is InChI=1S/C29H45ClF2N2O3/c1-33-19-22(17-21-9-4-3-5-10-21)18-26(35)34-15-8-11-23(20-34)29(36,14-6-7-16-37-2)24-12-13-25(31)27(30)28(24)32/h12-13,21-23,33,36H,3-11,14-20H2,1-2H3/t22-,23-,29-/m1/s1. The van der Waals surface area contributed by atoms with E-state index in [0.29, 0.717) is 51.3 Å². The minimum atomic E-state index is -1.55. The molecule has 2 fully saturated rings. The van der Waals surface area contributed by atoms with Gasteiger partial charge in [-0.15, -0.1) is 0 Å². The first-order valence-corrected chi connectivity index (χ1v) is 14.5. The lowest BCUT2D eigenvalue weighted by Gasteiger charge is -2.43. The molecule has 1 aromatic rings. The number of benzene rings is 1. The van der Waals surface area contributed by atoms with E-state index in [0.717, 1.165) is 25.5 Å². The summed E-state index contributed by atoms with van der Waals surface area (Å²) in [6, 6.07) is 2.42. The zero-order valence-corrected chi connectivity index (χ0v) is 23.3. The Kier molecular flexibility index (Phi) is 12.1. The lowest BCUT2D eigenvalue weighted by atomic mass is 9.73. The van der Waals surface area contributed by atoms with Crippen molar-refractivity contribution in [2.75, 3.05) is 40.4 Å². The number of likely N-dealkylation sites (tertiary alicyclic amines) is 1. The van der Waals surface area contributed by atoms with Gasteiger partial charge in [-0.05, 0) is 70.0 Å². The largest absolute Gasteiger partial charge is 0.385 e. The van der Waals surface area contributed by atoms with E-state index in [1.54, 1.807) is 7.11 Å². The van der Waals surface area contributed by atoms with Crippen LogP contribution in [-0.4, -0.2) is 56.3 Å². The van der Waals surface area contributed by atoms with Crippen molar-refractivity contribution < 1.29 is 23.4 Å². The summed E-state index contributed by atoms with van der Waals surface area (Å²) in [7, 11) is 3.55. The molecule has 1 aromatic carbocycles. The van der Waals surface area contributed by atoms with Gasteiger partial charge >= 0.3 is 0 Å². The number of nitrogens with one attached hydrogen (secondary N) is 1. The first-order chi connectivity index (χ1) is 17.8. The van der Waals surface area contributed by atoms with Crippen molar-refractivity contribution in [1.82, 2.24) is 10.2 Å². The van der Waals surface area contributed by atoms with Crippen LogP contribution in [0.1, 0.15) is 82.6 Å². The first-order valence-electron chi connectivity index (χ1n) is 14.1. The average Bonchev–Trinajstić information content (AvgIpc) is 2.90. The molecule has 1 aliphatic heterocycles. The third-order valence-electron chi connectivity index (χ3n) is 8.45. The minimum absolute atomic E-state index is 0.0148. The third kappa shape index (κ3) is 8.11. The number of ether oxygens (including phenoxy) is 1. The Hall–Kier alpha value is -1.28. The fourth-order valence-corrected chi connectivity index (χ4v) is 6.62. The number of carbonyl (C=O) groups excluding carboxylic acids is 1. The molecule has 0 bridgehead atoms. The highest BCUT2D eigenvalue weighted by molar-refractivity contribution is 6.31. The van der Waals surface area contributed by atoms with E-state index in [4.69, 9.17) is 16.3 Å². The Bertz CT molecular complexity index is 868. The molecule has 3 atom stereocenters. The van der Waals surface area contributed by atoms with Gasteiger partial charge < -0.3 is 20.1 Å². The minimum Gasteiger partial charge on any atom is -0.385 e. The summed E-state index contributed by atoms with van der Waals surface area (Å²) in [4.78, 5) is 15.3. The van der Waals surface area contributed by atoms with E-state index in [-0.39, 0.29) is 29.7 Å². The third-order valence-corrected chi connectivity index (χ3v) is 8.80. The molecule has 2 N–H and O–H groups in total. The highest BCUT2D eigenvalue weighted by Crippen LogP contribution is 2.42. The molecule has 1 saturated heterocycles. The lowest BCUT2D eigenvalue weighted by Crippen LogP contribution is -2.49. The van der Waals surface area contributed by atoms with Crippen molar-refractivity contribution in [3.05, 3.63) is 34.4 Å². The summed E-state index contributed by atoms with van der Waals surface area (Å²) in [6.07, 6.45) is 10.9. The molecule has 1 saturated carbocycles. The predicted molar refractivity (Wildman–Crippen MR) is 144 cm³/mol. The van der Waals surface area contributed by atoms with Gasteiger partial charge in [0.25, 0.3) is 0 Å². The van der Waals surface area contributed by atoms with Crippen LogP contribution in [0.25, 0.3) is 0 Å². The number of methoxy groups -OCH3 is 1. The second kappa shape index (κ2) is 14.8. The van der Waals surface area contributed by atoms with Crippen LogP contribution in [0.15, 0.2) is 12.1 Å². The number of carbonyl (C=O) groups is 1. The van der Waals surface area contributed by atoms with Crippen molar-refractivity contribution in [3.63, 3.8) is 0 Å². The fourth-order valence-electron chi connectivity index (χ4n) is 6.45. The van der Waals surface area contributed by atoms with Gasteiger partial charge in [0.1, 0.15) is 10.8 Å².